The van der Waals surface area contributed by atoms with E-state index in [1.54, 1.807) is 22.6 Å². The Balaban J connectivity index is 3.24. The van der Waals surface area contributed by atoms with E-state index in [0.717, 1.165) is 6.20 Å². The van der Waals surface area contributed by atoms with Crippen molar-refractivity contribution in [2.45, 2.75) is 19.3 Å². The molecule has 0 fully saturated rings. The first kappa shape index (κ1) is 15.0. The van der Waals surface area contributed by atoms with Gasteiger partial charge in [0.2, 0.25) is 5.88 Å². The van der Waals surface area contributed by atoms with Crippen molar-refractivity contribution >= 4 is 28.6 Å². The van der Waals surface area contributed by atoms with E-state index in [1.165, 1.54) is 0 Å². The van der Waals surface area contributed by atoms with E-state index in [9.17, 15) is 18.0 Å². The molecule has 0 saturated carbocycles. The van der Waals surface area contributed by atoms with Gasteiger partial charge in [-0.3, -0.25) is 4.79 Å². The fraction of sp³-hybridized carbons (Fsp3) is 0.333. The van der Waals surface area contributed by atoms with Gasteiger partial charge in [0.1, 0.15) is 0 Å². The van der Waals surface area contributed by atoms with Gasteiger partial charge < -0.3 is 15.6 Å². The number of carboxylic acid groups (broad SMARTS) is 1. The Morgan fingerprint density at radius 2 is 2.17 bits per heavy atom. The van der Waals surface area contributed by atoms with E-state index >= 15 is 0 Å². The van der Waals surface area contributed by atoms with Crippen molar-refractivity contribution in [2.24, 2.45) is 5.73 Å². The minimum atomic E-state index is -4.92. The Morgan fingerprint density at radius 1 is 1.56 bits per heavy atom. The summed E-state index contributed by atoms with van der Waals surface area (Å²) in [5.74, 6) is -2.04. The zero-order chi connectivity index (χ0) is 13.9. The average molecular weight is 376 g/mol. The van der Waals surface area contributed by atoms with Gasteiger partial charge in [0.15, 0.2) is 0 Å². The van der Waals surface area contributed by atoms with E-state index in [-0.39, 0.29) is 12.1 Å². The van der Waals surface area contributed by atoms with Gasteiger partial charge >= 0.3 is 12.3 Å². The molecule has 0 aromatic carbocycles. The molecule has 1 aromatic rings. The lowest BCUT2D eigenvalue weighted by atomic mass is 10.1. The summed E-state index contributed by atoms with van der Waals surface area (Å²) < 4.78 is 40.4. The Kier molecular flexibility index (Phi) is 4.73. The van der Waals surface area contributed by atoms with Crippen LogP contribution in [0.1, 0.15) is 11.1 Å². The van der Waals surface area contributed by atoms with E-state index in [4.69, 9.17) is 10.8 Å². The predicted octanol–water partition coefficient (Wildman–Crippen LogP) is 1.67. The monoisotopic (exact) mass is 376 g/mol. The second-order valence-electron chi connectivity index (χ2n) is 3.20. The van der Waals surface area contributed by atoms with Crippen LogP contribution in [0, 0.1) is 3.57 Å². The van der Waals surface area contributed by atoms with Gasteiger partial charge in [0, 0.05) is 21.9 Å². The van der Waals surface area contributed by atoms with Gasteiger partial charge in [-0.15, -0.1) is 13.2 Å². The van der Waals surface area contributed by atoms with Gasteiger partial charge in [-0.05, 0) is 28.2 Å². The Labute approximate surface area is 113 Å². The van der Waals surface area contributed by atoms with E-state index < -0.39 is 24.6 Å². The molecule has 9 heteroatoms. The quantitative estimate of drug-likeness (QED) is 0.782. The standard InChI is InChI=1S/C9H8F3IN2O3/c10-9(11,12)18-8-5(1-6(16)17)7(13)4(2-14)3-15-8/h3H,1-2,14H2,(H,16,17). The lowest BCUT2D eigenvalue weighted by Crippen LogP contribution is -2.21. The van der Waals surface area contributed by atoms with Crippen LogP contribution in [0.25, 0.3) is 0 Å². The van der Waals surface area contributed by atoms with Crippen LogP contribution >= 0.6 is 22.6 Å². The number of aromatic nitrogens is 1. The highest BCUT2D eigenvalue weighted by atomic mass is 127. The molecule has 1 heterocycles. The molecule has 1 aromatic heterocycles. The summed E-state index contributed by atoms with van der Waals surface area (Å²) in [4.78, 5) is 14.1. The normalized spacial score (nSPS) is 11.4. The molecule has 3 N–H and O–H groups in total. The first-order valence-corrected chi connectivity index (χ1v) is 5.66. The van der Waals surface area contributed by atoms with Crippen LogP contribution in [0.5, 0.6) is 5.88 Å². The fourth-order valence-electron chi connectivity index (χ4n) is 1.20. The first-order chi connectivity index (χ1) is 8.24. The molecule has 18 heavy (non-hydrogen) atoms. The van der Waals surface area contributed by atoms with Crippen LogP contribution in [0.15, 0.2) is 6.20 Å². The van der Waals surface area contributed by atoms with Crippen molar-refractivity contribution in [1.29, 1.82) is 0 Å². The highest BCUT2D eigenvalue weighted by Gasteiger charge is 2.33. The molecule has 0 spiro atoms. The van der Waals surface area contributed by atoms with Crippen LogP contribution in [0.4, 0.5) is 13.2 Å². The molecular weight excluding hydrogens is 368 g/mol. The summed E-state index contributed by atoms with van der Waals surface area (Å²) in [5, 5.41) is 8.68. The number of nitrogens with two attached hydrogens (primary N) is 1. The molecule has 0 atom stereocenters. The third-order valence-electron chi connectivity index (χ3n) is 1.90. The van der Waals surface area contributed by atoms with Crippen LogP contribution in [-0.2, 0) is 17.8 Å². The second kappa shape index (κ2) is 5.69. The molecule has 100 valence electrons. The number of hydrogen-bond donors (Lipinski definition) is 2. The third-order valence-corrected chi connectivity index (χ3v) is 3.25. The van der Waals surface area contributed by atoms with Crippen molar-refractivity contribution in [3.8, 4) is 5.88 Å². The fourth-order valence-corrected chi connectivity index (χ4v) is 1.98. The van der Waals surface area contributed by atoms with Crippen LogP contribution < -0.4 is 10.5 Å². The minimum Gasteiger partial charge on any atom is -0.481 e. The number of aliphatic carboxylic acids is 1. The lowest BCUT2D eigenvalue weighted by molar-refractivity contribution is -0.276. The van der Waals surface area contributed by atoms with Crippen molar-refractivity contribution in [2.75, 3.05) is 0 Å². The number of hydrogen-bond acceptors (Lipinski definition) is 4. The Morgan fingerprint density at radius 3 is 2.61 bits per heavy atom. The number of carbonyl (C=O) groups is 1. The maximum absolute atomic E-state index is 12.1. The number of ether oxygens (including phenoxy) is 1. The zero-order valence-electron chi connectivity index (χ0n) is 8.79. The average Bonchev–Trinajstić information content (AvgIpc) is 2.21. The second-order valence-corrected chi connectivity index (χ2v) is 4.28. The summed E-state index contributed by atoms with van der Waals surface area (Å²) in [6.07, 6.45) is -4.41. The number of alkyl halides is 3. The van der Waals surface area contributed by atoms with Gasteiger partial charge in [-0.2, -0.15) is 0 Å². The molecule has 0 aliphatic heterocycles. The Bertz CT molecular complexity index is 465. The summed E-state index contributed by atoms with van der Waals surface area (Å²) in [6, 6.07) is 0. The molecule has 1 rings (SSSR count). The van der Waals surface area contributed by atoms with E-state index in [1.807, 2.05) is 0 Å². The van der Waals surface area contributed by atoms with Crippen LogP contribution in [0.2, 0.25) is 0 Å². The molecule has 0 aliphatic rings. The number of rotatable bonds is 4. The van der Waals surface area contributed by atoms with Crippen molar-refractivity contribution in [3.63, 3.8) is 0 Å². The molecule has 0 amide bonds. The molecule has 0 bridgehead atoms. The topological polar surface area (TPSA) is 85.4 Å². The maximum atomic E-state index is 12.1. The summed E-state index contributed by atoms with van der Waals surface area (Å²) in [5.41, 5.74) is 5.70. The number of nitrogens with zero attached hydrogens (tertiary/aromatic N) is 1. The van der Waals surface area contributed by atoms with Gasteiger partial charge in [-0.1, -0.05) is 0 Å². The van der Waals surface area contributed by atoms with Gasteiger partial charge in [0.25, 0.3) is 0 Å². The van der Waals surface area contributed by atoms with E-state index in [2.05, 4.69) is 9.72 Å². The van der Waals surface area contributed by atoms with Crippen LogP contribution in [-0.4, -0.2) is 22.4 Å². The van der Waals surface area contributed by atoms with E-state index in [0.29, 0.717) is 9.13 Å². The lowest BCUT2D eigenvalue weighted by Gasteiger charge is -2.14. The summed E-state index contributed by atoms with van der Waals surface area (Å²) in [7, 11) is 0. The molecule has 0 radical (unpaired) electrons. The number of pyridine rings is 1. The molecule has 0 unspecified atom stereocenters. The first-order valence-electron chi connectivity index (χ1n) is 4.58. The smallest absolute Gasteiger partial charge is 0.481 e. The number of carboxylic acids is 1. The summed E-state index contributed by atoms with van der Waals surface area (Å²) in [6.45, 7) is 0.0458. The van der Waals surface area contributed by atoms with Gasteiger partial charge in [0.05, 0.1) is 6.42 Å². The highest BCUT2D eigenvalue weighted by Crippen LogP contribution is 2.29. The van der Waals surface area contributed by atoms with Gasteiger partial charge in [-0.25, -0.2) is 4.98 Å². The number of halogens is 4. The van der Waals surface area contributed by atoms with Crippen molar-refractivity contribution in [3.05, 3.63) is 20.9 Å². The van der Waals surface area contributed by atoms with Crippen molar-refractivity contribution < 1.29 is 27.8 Å². The van der Waals surface area contributed by atoms with Crippen LogP contribution in [0.3, 0.4) is 0 Å². The van der Waals surface area contributed by atoms with Crippen molar-refractivity contribution in [1.82, 2.24) is 4.98 Å². The Hall–Kier alpha value is -1.10. The highest BCUT2D eigenvalue weighted by molar-refractivity contribution is 14.1. The molecule has 5 nitrogen and oxygen atoms in total. The summed E-state index contributed by atoms with van der Waals surface area (Å²) >= 11 is 1.72. The SMILES string of the molecule is NCc1cnc(OC(F)(F)F)c(CC(=O)O)c1I. The molecule has 0 saturated heterocycles. The third kappa shape index (κ3) is 3.98. The molecular formula is C9H8F3IN2O3. The predicted molar refractivity (Wildman–Crippen MR) is 62.9 cm³/mol. The molecule has 0 aliphatic carbocycles. The maximum Gasteiger partial charge on any atom is 0.574 e. The minimum absolute atomic E-state index is 0.0458. The largest absolute Gasteiger partial charge is 0.574 e. The zero-order valence-corrected chi connectivity index (χ0v) is 10.9.